The van der Waals surface area contributed by atoms with Crippen molar-refractivity contribution in [2.45, 2.75) is 60.0 Å². The van der Waals surface area contributed by atoms with Gasteiger partial charge in [-0.1, -0.05) is 45.4 Å². The largest absolute Gasteiger partial charge is 0.393 e. The van der Waals surface area contributed by atoms with Crippen LogP contribution in [0.2, 0.25) is 0 Å². The minimum absolute atomic E-state index is 0.179. The van der Waals surface area contributed by atoms with Crippen molar-refractivity contribution in [1.82, 2.24) is 0 Å². The van der Waals surface area contributed by atoms with Gasteiger partial charge >= 0.3 is 0 Å². The Hall–Kier alpha value is -0.820. The molecule has 1 heteroatoms. The van der Waals surface area contributed by atoms with Gasteiger partial charge in [0.05, 0.1) is 6.10 Å². The van der Waals surface area contributed by atoms with Crippen molar-refractivity contribution in [3.63, 3.8) is 0 Å². The Morgan fingerprint density at radius 3 is 2.25 bits per heavy atom. The molecule has 1 aromatic rings. The maximum atomic E-state index is 9.66. The Kier molecular flexibility index (Phi) is 7.92. The molecule has 1 N–H and O–H groups in total. The summed E-state index contributed by atoms with van der Waals surface area (Å²) in [4.78, 5) is 0. The third-order valence-corrected chi connectivity index (χ3v) is 2.66. The lowest BCUT2D eigenvalue weighted by molar-refractivity contribution is 0.164. The summed E-state index contributed by atoms with van der Waals surface area (Å²) in [6, 6.07) is 6.42. The normalized spacial score (nSPS) is 11.6. The summed E-state index contributed by atoms with van der Waals surface area (Å²) in [5.74, 6) is 0. The standard InChI is InChI=1S/C13H20O.C2H6/c1-4-5-13(14)9-12-7-6-10(2)11(3)8-12;1-2/h6-8,13-14H,4-5,9H2,1-3H3;1-2H3. The summed E-state index contributed by atoms with van der Waals surface area (Å²) in [5.41, 5.74) is 3.87. The van der Waals surface area contributed by atoms with Gasteiger partial charge in [0.25, 0.3) is 0 Å². The first kappa shape index (κ1) is 15.2. The predicted molar refractivity (Wildman–Crippen MR) is 71.9 cm³/mol. The molecule has 0 aliphatic rings. The van der Waals surface area contributed by atoms with Crippen molar-refractivity contribution in [2.75, 3.05) is 0 Å². The second-order valence-electron chi connectivity index (χ2n) is 4.07. The van der Waals surface area contributed by atoms with Gasteiger partial charge < -0.3 is 5.11 Å². The molecule has 0 saturated carbocycles. The van der Waals surface area contributed by atoms with Crippen molar-refractivity contribution in [3.05, 3.63) is 34.9 Å². The van der Waals surface area contributed by atoms with Crippen LogP contribution in [0.15, 0.2) is 18.2 Å². The zero-order valence-electron chi connectivity index (χ0n) is 11.4. The molecule has 92 valence electrons. The molecule has 1 rings (SSSR count). The van der Waals surface area contributed by atoms with Crippen LogP contribution in [0.5, 0.6) is 0 Å². The number of aliphatic hydroxyl groups excluding tert-OH is 1. The third kappa shape index (κ3) is 5.32. The van der Waals surface area contributed by atoms with Crippen LogP contribution in [0, 0.1) is 13.8 Å². The fraction of sp³-hybridized carbons (Fsp3) is 0.600. The molecule has 0 aromatic heterocycles. The fourth-order valence-corrected chi connectivity index (χ4v) is 1.64. The second-order valence-corrected chi connectivity index (χ2v) is 4.07. The average Bonchev–Trinajstić information content (AvgIpc) is 2.27. The van der Waals surface area contributed by atoms with Crippen LogP contribution in [-0.2, 0) is 6.42 Å². The number of hydrogen-bond donors (Lipinski definition) is 1. The number of aliphatic hydroxyl groups is 1. The highest BCUT2D eigenvalue weighted by Crippen LogP contribution is 2.13. The Morgan fingerprint density at radius 2 is 1.75 bits per heavy atom. The minimum atomic E-state index is -0.179. The van der Waals surface area contributed by atoms with Crippen LogP contribution >= 0.6 is 0 Å². The molecule has 0 fully saturated rings. The van der Waals surface area contributed by atoms with Crippen LogP contribution in [0.3, 0.4) is 0 Å². The smallest absolute Gasteiger partial charge is 0.0580 e. The molecular weight excluding hydrogens is 196 g/mol. The maximum Gasteiger partial charge on any atom is 0.0580 e. The molecule has 0 saturated heterocycles. The lowest BCUT2D eigenvalue weighted by Crippen LogP contribution is -2.09. The van der Waals surface area contributed by atoms with Crippen molar-refractivity contribution >= 4 is 0 Å². The van der Waals surface area contributed by atoms with E-state index in [1.165, 1.54) is 16.7 Å². The molecule has 1 atom stereocenters. The first-order valence-corrected chi connectivity index (χ1v) is 6.37. The van der Waals surface area contributed by atoms with E-state index in [0.29, 0.717) is 0 Å². The molecule has 0 spiro atoms. The molecule has 0 radical (unpaired) electrons. The summed E-state index contributed by atoms with van der Waals surface area (Å²) in [5, 5.41) is 9.66. The highest BCUT2D eigenvalue weighted by molar-refractivity contribution is 5.30. The molecule has 0 amide bonds. The van der Waals surface area contributed by atoms with Crippen molar-refractivity contribution in [3.8, 4) is 0 Å². The van der Waals surface area contributed by atoms with E-state index < -0.39 is 0 Å². The summed E-state index contributed by atoms with van der Waals surface area (Å²) >= 11 is 0. The summed E-state index contributed by atoms with van der Waals surface area (Å²) in [6.07, 6.45) is 2.55. The van der Waals surface area contributed by atoms with Gasteiger partial charge in [-0.15, -0.1) is 0 Å². The Bertz CT molecular complexity index is 291. The van der Waals surface area contributed by atoms with Crippen molar-refractivity contribution in [2.24, 2.45) is 0 Å². The van der Waals surface area contributed by atoms with Gasteiger partial charge in [0.1, 0.15) is 0 Å². The van der Waals surface area contributed by atoms with Gasteiger partial charge in [-0.3, -0.25) is 0 Å². The van der Waals surface area contributed by atoms with E-state index in [1.54, 1.807) is 0 Å². The van der Waals surface area contributed by atoms with E-state index in [2.05, 4.69) is 39.0 Å². The monoisotopic (exact) mass is 222 g/mol. The fourth-order valence-electron chi connectivity index (χ4n) is 1.64. The van der Waals surface area contributed by atoms with E-state index in [-0.39, 0.29) is 6.10 Å². The minimum Gasteiger partial charge on any atom is -0.393 e. The second kappa shape index (κ2) is 8.35. The lowest BCUT2D eigenvalue weighted by Gasteiger charge is -2.10. The highest BCUT2D eigenvalue weighted by atomic mass is 16.3. The SMILES string of the molecule is CC.CCCC(O)Cc1ccc(C)c(C)c1. The van der Waals surface area contributed by atoms with Gasteiger partial charge in [0.2, 0.25) is 0 Å². The first-order chi connectivity index (χ1) is 7.63. The molecule has 0 bridgehead atoms. The highest BCUT2D eigenvalue weighted by Gasteiger charge is 2.04. The van der Waals surface area contributed by atoms with E-state index in [9.17, 15) is 5.11 Å². The zero-order valence-corrected chi connectivity index (χ0v) is 11.4. The number of aryl methyl sites for hydroxylation is 2. The van der Waals surface area contributed by atoms with Gasteiger partial charge in [-0.25, -0.2) is 0 Å². The number of rotatable bonds is 4. The topological polar surface area (TPSA) is 20.2 Å². The molecule has 1 aromatic carbocycles. The summed E-state index contributed by atoms with van der Waals surface area (Å²) in [7, 11) is 0. The first-order valence-electron chi connectivity index (χ1n) is 6.37. The van der Waals surface area contributed by atoms with Crippen LogP contribution in [0.1, 0.15) is 50.3 Å². The van der Waals surface area contributed by atoms with Gasteiger partial charge in [-0.2, -0.15) is 0 Å². The third-order valence-electron chi connectivity index (χ3n) is 2.66. The Labute approximate surface area is 101 Å². The van der Waals surface area contributed by atoms with Gasteiger partial charge in [-0.05, 0) is 43.4 Å². The maximum absolute atomic E-state index is 9.66. The van der Waals surface area contributed by atoms with Crippen molar-refractivity contribution in [1.29, 1.82) is 0 Å². The van der Waals surface area contributed by atoms with E-state index in [1.807, 2.05) is 13.8 Å². The van der Waals surface area contributed by atoms with Gasteiger partial charge in [0, 0.05) is 0 Å². The van der Waals surface area contributed by atoms with Crippen LogP contribution in [0.4, 0.5) is 0 Å². The van der Waals surface area contributed by atoms with Crippen LogP contribution in [0.25, 0.3) is 0 Å². The molecule has 1 nitrogen and oxygen atoms in total. The summed E-state index contributed by atoms with van der Waals surface area (Å²) < 4.78 is 0. The lowest BCUT2D eigenvalue weighted by atomic mass is 10.0. The molecule has 16 heavy (non-hydrogen) atoms. The Balaban J connectivity index is 0.00000106. The molecular formula is C15H26O. The van der Waals surface area contributed by atoms with Gasteiger partial charge in [0.15, 0.2) is 0 Å². The van der Waals surface area contributed by atoms with E-state index >= 15 is 0 Å². The number of hydrogen-bond acceptors (Lipinski definition) is 1. The Morgan fingerprint density at radius 1 is 1.12 bits per heavy atom. The summed E-state index contributed by atoms with van der Waals surface area (Å²) in [6.45, 7) is 10.3. The van der Waals surface area contributed by atoms with Crippen molar-refractivity contribution < 1.29 is 5.11 Å². The average molecular weight is 222 g/mol. The van der Waals surface area contributed by atoms with Crippen LogP contribution < -0.4 is 0 Å². The molecule has 0 aliphatic heterocycles. The quantitative estimate of drug-likeness (QED) is 0.815. The molecule has 0 heterocycles. The van der Waals surface area contributed by atoms with E-state index in [0.717, 1.165) is 19.3 Å². The predicted octanol–water partition coefficient (Wildman–Crippen LogP) is 4.03. The molecule has 0 aliphatic carbocycles. The number of benzene rings is 1. The zero-order chi connectivity index (χ0) is 12.6. The van der Waals surface area contributed by atoms with Crippen LogP contribution in [-0.4, -0.2) is 11.2 Å². The van der Waals surface area contributed by atoms with E-state index in [4.69, 9.17) is 0 Å². The molecule has 1 unspecified atom stereocenters.